The van der Waals surface area contributed by atoms with E-state index in [1.807, 2.05) is 57.2 Å². The summed E-state index contributed by atoms with van der Waals surface area (Å²) in [6.45, 7) is 6.87. The van der Waals surface area contributed by atoms with Gasteiger partial charge in [-0.3, -0.25) is 9.59 Å². The number of amides is 1. The molecule has 0 saturated heterocycles. The monoisotopic (exact) mass is 421 g/mol. The molecule has 31 heavy (non-hydrogen) atoms. The molecule has 1 aromatic heterocycles. The number of aryl methyl sites for hydroxylation is 1. The van der Waals surface area contributed by atoms with Gasteiger partial charge in [-0.25, -0.2) is 0 Å². The molecule has 0 saturated carbocycles. The molecule has 1 unspecified atom stereocenters. The van der Waals surface area contributed by atoms with Crippen molar-refractivity contribution in [3.63, 3.8) is 0 Å². The first-order valence-electron chi connectivity index (χ1n) is 10.5. The molecule has 1 aliphatic heterocycles. The summed E-state index contributed by atoms with van der Waals surface area (Å²) in [6.07, 6.45) is 0.781. The summed E-state index contributed by atoms with van der Waals surface area (Å²) in [7, 11) is 1.60. The van der Waals surface area contributed by atoms with E-state index in [0.29, 0.717) is 41.9 Å². The first-order chi connectivity index (χ1) is 14.9. The highest BCUT2D eigenvalue weighted by Gasteiger charge is 2.42. The summed E-state index contributed by atoms with van der Waals surface area (Å²) in [4.78, 5) is 28.6. The van der Waals surface area contributed by atoms with E-state index in [1.54, 1.807) is 18.1 Å². The van der Waals surface area contributed by atoms with Crippen molar-refractivity contribution >= 4 is 16.9 Å². The highest BCUT2D eigenvalue weighted by molar-refractivity contribution is 5.99. The van der Waals surface area contributed by atoms with Gasteiger partial charge in [-0.2, -0.15) is 0 Å². The van der Waals surface area contributed by atoms with Crippen LogP contribution >= 0.6 is 0 Å². The quantitative estimate of drug-likeness (QED) is 0.527. The molecule has 3 aromatic rings. The molecule has 6 nitrogen and oxygen atoms in total. The number of rotatable bonds is 7. The smallest absolute Gasteiger partial charge is 0.290 e. The Labute approximate surface area is 181 Å². The van der Waals surface area contributed by atoms with E-state index in [2.05, 4.69) is 0 Å². The van der Waals surface area contributed by atoms with Gasteiger partial charge in [-0.05, 0) is 57.0 Å². The van der Waals surface area contributed by atoms with Gasteiger partial charge in [-0.1, -0.05) is 23.8 Å². The van der Waals surface area contributed by atoms with E-state index < -0.39 is 6.04 Å². The van der Waals surface area contributed by atoms with Crippen LogP contribution in [0.1, 0.15) is 53.6 Å². The minimum Gasteiger partial charge on any atom is -0.497 e. The molecule has 1 aliphatic rings. The van der Waals surface area contributed by atoms with Crippen molar-refractivity contribution in [2.45, 2.75) is 39.3 Å². The van der Waals surface area contributed by atoms with Crippen LogP contribution in [0.5, 0.6) is 5.75 Å². The maximum absolute atomic E-state index is 13.5. The molecule has 0 spiro atoms. The van der Waals surface area contributed by atoms with Gasteiger partial charge in [0.2, 0.25) is 5.76 Å². The lowest BCUT2D eigenvalue weighted by Gasteiger charge is -2.25. The molecule has 0 aliphatic carbocycles. The number of fused-ring (bicyclic) bond motifs is 2. The Kier molecular flexibility index (Phi) is 5.83. The van der Waals surface area contributed by atoms with Crippen molar-refractivity contribution in [2.24, 2.45) is 0 Å². The minimum atomic E-state index is -0.530. The van der Waals surface area contributed by atoms with Crippen LogP contribution in [-0.4, -0.2) is 37.2 Å². The third-order valence-corrected chi connectivity index (χ3v) is 5.53. The van der Waals surface area contributed by atoms with E-state index >= 15 is 0 Å². The molecule has 4 rings (SSSR count). The van der Waals surface area contributed by atoms with E-state index in [-0.39, 0.29) is 23.2 Å². The Balaban J connectivity index is 1.83. The zero-order valence-corrected chi connectivity index (χ0v) is 18.3. The summed E-state index contributed by atoms with van der Waals surface area (Å²) in [5.74, 6) is 0.522. The maximum Gasteiger partial charge on any atom is 0.290 e. The topological polar surface area (TPSA) is 69.0 Å². The molecule has 0 bridgehead atoms. The number of hydrogen-bond donors (Lipinski definition) is 0. The van der Waals surface area contributed by atoms with Gasteiger partial charge in [0.15, 0.2) is 5.43 Å². The standard InChI is InChI=1S/C25H27NO5/c1-15(2)30-12-6-11-26-22(17-7-5-8-18(14-17)29-4)21-23(27)19-13-16(3)9-10-20(19)31-24(21)25(26)28/h5,7-10,13-15,22H,6,11-12H2,1-4H3. The van der Waals surface area contributed by atoms with E-state index in [9.17, 15) is 9.59 Å². The molecule has 0 N–H and O–H groups in total. The second kappa shape index (κ2) is 8.55. The Morgan fingerprint density at radius 3 is 2.68 bits per heavy atom. The summed E-state index contributed by atoms with van der Waals surface area (Å²) in [6, 6.07) is 12.4. The van der Waals surface area contributed by atoms with Crippen LogP contribution in [0, 0.1) is 6.92 Å². The number of carbonyl (C=O) groups excluding carboxylic acids is 1. The minimum absolute atomic E-state index is 0.123. The van der Waals surface area contributed by atoms with E-state index in [4.69, 9.17) is 13.9 Å². The SMILES string of the molecule is COc1cccc(C2c3c(oc4ccc(C)cc4c3=O)C(=O)N2CCCOC(C)C)c1. The number of hydrogen-bond acceptors (Lipinski definition) is 5. The largest absolute Gasteiger partial charge is 0.497 e. The predicted molar refractivity (Wildman–Crippen MR) is 119 cm³/mol. The molecular formula is C25H27NO5. The third-order valence-electron chi connectivity index (χ3n) is 5.53. The van der Waals surface area contributed by atoms with Crippen LogP contribution in [0.4, 0.5) is 0 Å². The van der Waals surface area contributed by atoms with Crippen molar-refractivity contribution in [2.75, 3.05) is 20.3 Å². The van der Waals surface area contributed by atoms with Gasteiger partial charge in [0.05, 0.1) is 30.2 Å². The molecule has 6 heteroatoms. The van der Waals surface area contributed by atoms with Crippen molar-refractivity contribution in [1.82, 2.24) is 4.90 Å². The molecule has 0 fully saturated rings. The van der Waals surface area contributed by atoms with Crippen LogP contribution in [0.25, 0.3) is 11.0 Å². The number of nitrogens with zero attached hydrogens (tertiary/aromatic N) is 1. The maximum atomic E-state index is 13.5. The number of ether oxygens (including phenoxy) is 2. The summed E-state index contributed by atoms with van der Waals surface area (Å²) >= 11 is 0. The summed E-state index contributed by atoms with van der Waals surface area (Å²) in [5, 5.41) is 0.490. The average Bonchev–Trinajstić information content (AvgIpc) is 3.04. The number of benzene rings is 2. The number of carbonyl (C=O) groups is 1. The van der Waals surface area contributed by atoms with Crippen molar-refractivity contribution < 1.29 is 18.7 Å². The zero-order chi connectivity index (χ0) is 22.1. The van der Waals surface area contributed by atoms with Gasteiger partial charge < -0.3 is 18.8 Å². The van der Waals surface area contributed by atoms with Crippen molar-refractivity contribution in [3.05, 3.63) is 75.1 Å². The Morgan fingerprint density at radius 1 is 1.13 bits per heavy atom. The molecular weight excluding hydrogens is 394 g/mol. The van der Waals surface area contributed by atoms with Crippen LogP contribution in [-0.2, 0) is 4.74 Å². The Hall–Kier alpha value is -3.12. The van der Waals surface area contributed by atoms with Gasteiger partial charge in [0, 0.05) is 13.2 Å². The Morgan fingerprint density at radius 2 is 1.94 bits per heavy atom. The average molecular weight is 421 g/mol. The van der Waals surface area contributed by atoms with Crippen LogP contribution < -0.4 is 10.2 Å². The Bertz CT molecular complexity index is 1180. The van der Waals surface area contributed by atoms with Crippen LogP contribution in [0.3, 0.4) is 0 Å². The fourth-order valence-corrected chi connectivity index (χ4v) is 4.08. The lowest BCUT2D eigenvalue weighted by Crippen LogP contribution is -2.31. The zero-order valence-electron chi connectivity index (χ0n) is 18.3. The molecule has 0 radical (unpaired) electrons. The lowest BCUT2D eigenvalue weighted by molar-refractivity contribution is 0.0593. The summed E-state index contributed by atoms with van der Waals surface area (Å²) < 4.78 is 17.0. The number of methoxy groups -OCH3 is 1. The highest BCUT2D eigenvalue weighted by Crippen LogP contribution is 2.39. The third kappa shape index (κ3) is 3.95. The van der Waals surface area contributed by atoms with Gasteiger partial charge in [0.1, 0.15) is 11.3 Å². The molecule has 1 atom stereocenters. The van der Waals surface area contributed by atoms with Crippen molar-refractivity contribution in [3.8, 4) is 5.75 Å². The first-order valence-corrected chi connectivity index (χ1v) is 10.5. The highest BCUT2D eigenvalue weighted by atomic mass is 16.5. The molecule has 2 aromatic carbocycles. The second-order valence-corrected chi connectivity index (χ2v) is 8.12. The fourth-order valence-electron chi connectivity index (χ4n) is 4.08. The predicted octanol–water partition coefficient (Wildman–Crippen LogP) is 4.47. The van der Waals surface area contributed by atoms with Gasteiger partial charge in [0.25, 0.3) is 5.91 Å². The second-order valence-electron chi connectivity index (χ2n) is 8.12. The van der Waals surface area contributed by atoms with Gasteiger partial charge >= 0.3 is 0 Å². The van der Waals surface area contributed by atoms with E-state index in [1.165, 1.54) is 0 Å². The normalized spacial score (nSPS) is 15.7. The molecule has 162 valence electrons. The van der Waals surface area contributed by atoms with Crippen molar-refractivity contribution in [1.29, 1.82) is 0 Å². The molecule has 2 heterocycles. The van der Waals surface area contributed by atoms with Crippen LogP contribution in [0.2, 0.25) is 0 Å². The van der Waals surface area contributed by atoms with Crippen LogP contribution in [0.15, 0.2) is 51.7 Å². The first kappa shape index (κ1) is 21.1. The van der Waals surface area contributed by atoms with E-state index in [0.717, 1.165) is 11.1 Å². The summed E-state index contributed by atoms with van der Waals surface area (Å²) in [5.41, 5.74) is 2.43. The van der Waals surface area contributed by atoms with Gasteiger partial charge in [-0.15, -0.1) is 0 Å². The lowest BCUT2D eigenvalue weighted by atomic mass is 9.98. The fraction of sp³-hybridized carbons (Fsp3) is 0.360. The molecule has 1 amide bonds.